The Hall–Kier alpha value is -1.17. The fraction of sp³-hybridized carbons (Fsp3) is 0. The van der Waals surface area contributed by atoms with Gasteiger partial charge >= 0.3 is 6.09 Å². The van der Waals surface area contributed by atoms with E-state index in [9.17, 15) is 4.79 Å². The summed E-state index contributed by atoms with van der Waals surface area (Å²) in [6.45, 7) is 1.00. The third-order valence-electron chi connectivity index (χ3n) is 0.279. The van der Waals surface area contributed by atoms with Gasteiger partial charge in [-0.05, 0) is 0 Å². The lowest BCUT2D eigenvalue weighted by atomic mass is 10.7. The van der Waals surface area contributed by atoms with Crippen LogP contribution in [-0.4, -0.2) is 11.2 Å². The topological polar surface area (TPSA) is 49.3 Å². The molecule has 3 nitrogen and oxygen atoms in total. The molecule has 7 heavy (non-hydrogen) atoms. The summed E-state index contributed by atoms with van der Waals surface area (Å²) in [5.41, 5.74) is 0. The van der Waals surface area contributed by atoms with Crippen LogP contribution in [0.15, 0.2) is 0 Å². The van der Waals surface area contributed by atoms with Crippen molar-refractivity contribution in [2.75, 3.05) is 0 Å². The van der Waals surface area contributed by atoms with E-state index in [2.05, 4.69) is 6.42 Å². The number of amides is 1. The first-order valence-electron chi connectivity index (χ1n) is 1.54. The molecule has 0 fully saturated rings. The summed E-state index contributed by atoms with van der Waals surface area (Å²) < 4.78 is 0. The van der Waals surface area contributed by atoms with Crippen LogP contribution in [0.25, 0.3) is 0 Å². The van der Waals surface area contributed by atoms with Gasteiger partial charge in [0.05, 0.1) is 0 Å². The molecule has 0 aliphatic rings. The Morgan fingerprint density at radius 2 is 2.57 bits per heavy atom. The summed E-state index contributed by atoms with van der Waals surface area (Å²) in [5, 5.41) is 9.66. The average molecular weight is 98.1 g/mol. The van der Waals surface area contributed by atoms with Crippen molar-refractivity contribution in [1.29, 1.82) is 0 Å². The van der Waals surface area contributed by atoms with Gasteiger partial charge in [-0.15, -0.1) is 6.42 Å². The summed E-state index contributed by atoms with van der Waals surface area (Å²) in [6.07, 6.45) is 3.50. The van der Waals surface area contributed by atoms with E-state index in [0.717, 1.165) is 6.54 Å². The fourth-order valence-electron chi connectivity index (χ4n) is 0.103. The lowest BCUT2D eigenvalue weighted by Crippen LogP contribution is -2.15. The molecule has 0 rings (SSSR count). The molecule has 0 aliphatic heterocycles. The molecule has 1 radical (unpaired) electrons. The number of rotatable bonds is 1. The van der Waals surface area contributed by atoms with E-state index >= 15 is 0 Å². The third kappa shape index (κ3) is 4.83. The van der Waals surface area contributed by atoms with Gasteiger partial charge in [-0.2, -0.15) is 0 Å². The standard InChI is InChI=1S/C4H4NO2/c1-2-3-5-4(6)7/h1,3,5H,(H,6,7). The molecule has 0 aromatic rings. The normalized spacial score (nSPS) is 6.71. The highest BCUT2D eigenvalue weighted by Gasteiger charge is 1.85. The Balaban J connectivity index is 3.02. The monoisotopic (exact) mass is 98.0 g/mol. The minimum Gasteiger partial charge on any atom is -0.465 e. The zero-order valence-corrected chi connectivity index (χ0v) is 3.51. The summed E-state index contributed by atoms with van der Waals surface area (Å²) in [6, 6.07) is 0. The molecule has 2 N–H and O–H groups in total. The van der Waals surface area contributed by atoms with Crippen molar-refractivity contribution >= 4 is 6.09 Å². The molecule has 0 atom stereocenters. The summed E-state index contributed by atoms with van der Waals surface area (Å²) in [7, 11) is 0. The van der Waals surface area contributed by atoms with E-state index in [1.165, 1.54) is 0 Å². The maximum atomic E-state index is 9.52. The number of hydrogen-bond acceptors (Lipinski definition) is 1. The lowest BCUT2D eigenvalue weighted by molar-refractivity contribution is 0.197. The third-order valence-corrected chi connectivity index (χ3v) is 0.279. The summed E-state index contributed by atoms with van der Waals surface area (Å²) in [5.74, 6) is 1.98. The second-order valence-electron chi connectivity index (χ2n) is 0.760. The maximum Gasteiger partial charge on any atom is 0.405 e. The largest absolute Gasteiger partial charge is 0.465 e. The van der Waals surface area contributed by atoms with E-state index < -0.39 is 6.09 Å². The SMILES string of the molecule is C#C[CH]NC(=O)O. The molecule has 0 bridgehead atoms. The second-order valence-corrected chi connectivity index (χ2v) is 0.760. The van der Waals surface area contributed by atoms with Crippen LogP contribution in [0.5, 0.6) is 0 Å². The van der Waals surface area contributed by atoms with Gasteiger partial charge in [-0.25, -0.2) is 4.79 Å². The van der Waals surface area contributed by atoms with Crippen LogP contribution in [0, 0.1) is 18.9 Å². The molecular weight excluding hydrogens is 94.0 g/mol. The van der Waals surface area contributed by atoms with Crippen molar-refractivity contribution in [3.05, 3.63) is 6.54 Å². The van der Waals surface area contributed by atoms with Crippen molar-refractivity contribution in [3.8, 4) is 12.3 Å². The van der Waals surface area contributed by atoms with Gasteiger partial charge in [0, 0.05) is 0 Å². The number of terminal acetylenes is 1. The van der Waals surface area contributed by atoms with Crippen LogP contribution in [-0.2, 0) is 0 Å². The zero-order chi connectivity index (χ0) is 5.70. The number of carbonyl (C=O) groups is 1. The van der Waals surface area contributed by atoms with E-state index in [-0.39, 0.29) is 0 Å². The van der Waals surface area contributed by atoms with Gasteiger partial charge in [0.15, 0.2) is 0 Å². The predicted octanol–water partition coefficient (Wildman–Crippen LogP) is 0.0490. The first-order valence-corrected chi connectivity index (χ1v) is 1.54. The first-order chi connectivity index (χ1) is 3.27. The highest BCUT2D eigenvalue weighted by molar-refractivity contribution is 5.65. The van der Waals surface area contributed by atoms with Crippen molar-refractivity contribution in [2.45, 2.75) is 0 Å². The highest BCUT2D eigenvalue weighted by Crippen LogP contribution is 1.61. The number of hydrogen-bond donors (Lipinski definition) is 2. The summed E-state index contributed by atoms with van der Waals surface area (Å²) in [4.78, 5) is 9.52. The van der Waals surface area contributed by atoms with Gasteiger partial charge < -0.3 is 10.4 Å². The molecule has 0 saturated heterocycles. The molecule has 0 aromatic heterocycles. The number of carboxylic acid groups (broad SMARTS) is 1. The van der Waals surface area contributed by atoms with Crippen molar-refractivity contribution in [2.24, 2.45) is 0 Å². The van der Waals surface area contributed by atoms with Crippen molar-refractivity contribution in [1.82, 2.24) is 5.32 Å². The Bertz CT molecular complexity index is 103. The molecule has 0 aromatic carbocycles. The van der Waals surface area contributed by atoms with Crippen LogP contribution in [0.1, 0.15) is 0 Å². The average Bonchev–Trinajstić information content (AvgIpc) is 1.61. The molecule has 0 spiro atoms. The smallest absolute Gasteiger partial charge is 0.405 e. The number of nitrogens with one attached hydrogen (secondary N) is 1. The van der Waals surface area contributed by atoms with Gasteiger partial charge in [0.25, 0.3) is 0 Å². The molecule has 1 amide bonds. The molecule has 3 heteroatoms. The van der Waals surface area contributed by atoms with Crippen LogP contribution in [0.2, 0.25) is 0 Å². The van der Waals surface area contributed by atoms with Gasteiger partial charge in [-0.1, -0.05) is 5.92 Å². The van der Waals surface area contributed by atoms with E-state index in [1.807, 2.05) is 11.2 Å². The van der Waals surface area contributed by atoms with Crippen molar-refractivity contribution in [3.63, 3.8) is 0 Å². The Labute approximate surface area is 41.3 Å². The van der Waals surface area contributed by atoms with Crippen LogP contribution < -0.4 is 5.32 Å². The van der Waals surface area contributed by atoms with Gasteiger partial charge in [-0.3, -0.25) is 0 Å². The Kier molecular flexibility index (Phi) is 2.53. The van der Waals surface area contributed by atoms with Gasteiger partial charge in [0.1, 0.15) is 6.54 Å². The lowest BCUT2D eigenvalue weighted by Gasteiger charge is -1.85. The molecule has 0 heterocycles. The van der Waals surface area contributed by atoms with E-state index in [4.69, 9.17) is 5.11 Å². The fourth-order valence-corrected chi connectivity index (χ4v) is 0.103. The molecule has 37 valence electrons. The molecule has 0 aliphatic carbocycles. The minimum atomic E-state index is -1.14. The van der Waals surface area contributed by atoms with E-state index in [1.54, 1.807) is 0 Å². The van der Waals surface area contributed by atoms with Crippen LogP contribution in [0.4, 0.5) is 4.79 Å². The summed E-state index contributed by atoms with van der Waals surface area (Å²) >= 11 is 0. The van der Waals surface area contributed by atoms with Crippen LogP contribution >= 0.6 is 0 Å². The van der Waals surface area contributed by atoms with Gasteiger partial charge in [0.2, 0.25) is 0 Å². The molecular formula is C4H4NO2. The van der Waals surface area contributed by atoms with Crippen LogP contribution in [0.3, 0.4) is 0 Å². The molecule has 0 unspecified atom stereocenters. The Morgan fingerprint density at radius 1 is 2.00 bits per heavy atom. The minimum absolute atomic E-state index is 1.00. The van der Waals surface area contributed by atoms with Crippen molar-refractivity contribution < 1.29 is 9.90 Å². The first kappa shape index (κ1) is 5.83. The van der Waals surface area contributed by atoms with E-state index in [0.29, 0.717) is 0 Å². The zero-order valence-electron chi connectivity index (χ0n) is 3.51. The predicted molar refractivity (Wildman–Crippen MR) is 24.3 cm³/mol. The molecule has 0 saturated carbocycles. The second kappa shape index (κ2) is 3.04. The Morgan fingerprint density at radius 3 is 2.71 bits per heavy atom. The maximum absolute atomic E-state index is 9.52. The quantitative estimate of drug-likeness (QED) is 0.455. The highest BCUT2D eigenvalue weighted by atomic mass is 16.4.